The van der Waals surface area contributed by atoms with Crippen LogP contribution in [0.1, 0.15) is 36.1 Å². The number of anilines is 1. The Morgan fingerprint density at radius 1 is 1.15 bits per heavy atom. The first-order valence-corrected chi connectivity index (χ1v) is 11.1. The normalized spacial score (nSPS) is 15.8. The molecule has 1 aliphatic heterocycles. The van der Waals surface area contributed by atoms with Crippen molar-refractivity contribution >= 4 is 11.7 Å². The van der Waals surface area contributed by atoms with Gasteiger partial charge >= 0.3 is 0 Å². The van der Waals surface area contributed by atoms with Gasteiger partial charge in [-0.05, 0) is 36.6 Å². The van der Waals surface area contributed by atoms with Gasteiger partial charge in [-0.3, -0.25) is 9.69 Å². The number of hydrogen-bond acceptors (Lipinski definition) is 6. The number of benzene rings is 2. The molecule has 4 rings (SSSR count). The van der Waals surface area contributed by atoms with Gasteiger partial charge < -0.3 is 19.9 Å². The number of ether oxygens (including phenoxy) is 2. The second-order valence-electron chi connectivity index (χ2n) is 8.18. The lowest BCUT2D eigenvalue weighted by molar-refractivity contribution is -0.126. The van der Waals surface area contributed by atoms with E-state index >= 15 is 0 Å². The number of likely N-dealkylation sites (tertiary alicyclic amines) is 1. The molecule has 2 N–H and O–H groups in total. The lowest BCUT2D eigenvalue weighted by atomic mass is 10.0. The minimum absolute atomic E-state index is 0.183. The number of phenolic OH excluding ortho intramolecular Hbond substituents is 1. The summed E-state index contributed by atoms with van der Waals surface area (Å²) in [5.41, 5.74) is 1.66. The van der Waals surface area contributed by atoms with Crippen LogP contribution in [-0.4, -0.2) is 53.0 Å². The van der Waals surface area contributed by atoms with Crippen molar-refractivity contribution in [1.82, 2.24) is 14.7 Å². The SMILES string of the molecule is COc1ccc(O)c(CN2CCC(n3nccc3NC(=O)[C@H](OC)c3ccccc3)CC2)c1. The highest BCUT2D eigenvalue weighted by molar-refractivity contribution is 5.94. The highest BCUT2D eigenvalue weighted by Gasteiger charge is 2.26. The van der Waals surface area contributed by atoms with Crippen LogP contribution in [-0.2, 0) is 16.1 Å². The number of amides is 1. The zero-order valence-corrected chi connectivity index (χ0v) is 19.0. The van der Waals surface area contributed by atoms with Crippen LogP contribution in [0.2, 0.25) is 0 Å². The lowest BCUT2D eigenvalue weighted by Crippen LogP contribution is -2.35. The van der Waals surface area contributed by atoms with Crippen molar-refractivity contribution in [2.24, 2.45) is 0 Å². The third-order valence-electron chi connectivity index (χ3n) is 6.08. The number of aromatic nitrogens is 2. The van der Waals surface area contributed by atoms with E-state index in [9.17, 15) is 9.90 Å². The molecular formula is C25H30N4O4. The Kier molecular flexibility index (Phi) is 7.26. The number of rotatable bonds is 8. The van der Waals surface area contributed by atoms with Gasteiger partial charge in [-0.25, -0.2) is 4.68 Å². The molecule has 0 radical (unpaired) electrons. The minimum Gasteiger partial charge on any atom is -0.508 e. The van der Waals surface area contributed by atoms with Crippen molar-refractivity contribution in [2.45, 2.75) is 31.5 Å². The summed E-state index contributed by atoms with van der Waals surface area (Å²) in [6.07, 6.45) is 2.80. The summed E-state index contributed by atoms with van der Waals surface area (Å²) in [6.45, 7) is 2.38. The molecule has 2 heterocycles. The first-order chi connectivity index (χ1) is 16.1. The molecule has 1 aromatic heterocycles. The van der Waals surface area contributed by atoms with Gasteiger partial charge in [0.1, 0.15) is 17.3 Å². The molecule has 0 unspecified atom stereocenters. The fraction of sp³-hybridized carbons (Fsp3) is 0.360. The molecule has 8 nitrogen and oxygen atoms in total. The van der Waals surface area contributed by atoms with Crippen LogP contribution in [0, 0.1) is 0 Å². The predicted octanol–water partition coefficient (Wildman–Crippen LogP) is 3.76. The number of phenols is 1. The number of aromatic hydroxyl groups is 1. The summed E-state index contributed by atoms with van der Waals surface area (Å²) < 4.78 is 12.6. The number of hydrogen-bond donors (Lipinski definition) is 2. The average molecular weight is 451 g/mol. The molecule has 1 saturated heterocycles. The number of piperidine rings is 1. The van der Waals surface area contributed by atoms with E-state index in [-0.39, 0.29) is 17.7 Å². The molecule has 0 saturated carbocycles. The van der Waals surface area contributed by atoms with Crippen LogP contribution in [0.4, 0.5) is 5.82 Å². The van der Waals surface area contributed by atoms with Crippen molar-refractivity contribution in [2.75, 3.05) is 32.6 Å². The fourth-order valence-electron chi connectivity index (χ4n) is 4.30. The molecule has 0 aliphatic carbocycles. The molecule has 33 heavy (non-hydrogen) atoms. The molecule has 1 atom stereocenters. The van der Waals surface area contributed by atoms with E-state index in [1.807, 2.05) is 47.1 Å². The summed E-state index contributed by atoms with van der Waals surface area (Å²) in [6, 6.07) is 16.7. The first-order valence-electron chi connectivity index (χ1n) is 11.1. The van der Waals surface area contributed by atoms with Gasteiger partial charge in [0, 0.05) is 38.4 Å². The third kappa shape index (κ3) is 5.35. The van der Waals surface area contributed by atoms with Crippen molar-refractivity contribution < 1.29 is 19.4 Å². The van der Waals surface area contributed by atoms with E-state index in [0.717, 1.165) is 42.8 Å². The summed E-state index contributed by atoms with van der Waals surface area (Å²) in [4.78, 5) is 15.2. The number of methoxy groups -OCH3 is 2. The highest BCUT2D eigenvalue weighted by atomic mass is 16.5. The second kappa shape index (κ2) is 10.5. The number of carbonyl (C=O) groups excluding carboxylic acids is 1. The van der Waals surface area contributed by atoms with Crippen LogP contribution < -0.4 is 10.1 Å². The molecule has 1 aliphatic rings. The molecule has 1 amide bonds. The standard InChI is InChI=1S/C25H30N4O4/c1-32-21-8-9-22(30)19(16-21)17-28-14-11-20(12-15-28)29-23(10-13-26-29)27-25(31)24(33-2)18-6-4-3-5-7-18/h3-10,13,16,20,24,30H,11-12,14-15,17H2,1-2H3,(H,27,31)/t24-/m1/s1. The number of nitrogens with one attached hydrogen (secondary N) is 1. The van der Waals surface area contributed by atoms with Gasteiger partial charge in [0.2, 0.25) is 0 Å². The van der Waals surface area contributed by atoms with Crippen LogP contribution in [0.3, 0.4) is 0 Å². The van der Waals surface area contributed by atoms with E-state index in [1.165, 1.54) is 7.11 Å². The lowest BCUT2D eigenvalue weighted by Gasteiger charge is -2.33. The van der Waals surface area contributed by atoms with E-state index in [1.54, 1.807) is 25.4 Å². The maximum atomic E-state index is 12.9. The molecular weight excluding hydrogens is 420 g/mol. The zero-order valence-electron chi connectivity index (χ0n) is 19.0. The average Bonchev–Trinajstić information content (AvgIpc) is 3.30. The smallest absolute Gasteiger partial charge is 0.259 e. The van der Waals surface area contributed by atoms with Gasteiger partial charge in [-0.1, -0.05) is 30.3 Å². The third-order valence-corrected chi connectivity index (χ3v) is 6.08. The Bertz CT molecular complexity index is 1060. The Balaban J connectivity index is 1.37. The van der Waals surface area contributed by atoms with Gasteiger partial charge in [-0.2, -0.15) is 5.10 Å². The fourth-order valence-corrected chi connectivity index (χ4v) is 4.30. The molecule has 0 bridgehead atoms. The van der Waals surface area contributed by atoms with Crippen molar-refractivity contribution in [3.8, 4) is 11.5 Å². The molecule has 2 aromatic carbocycles. The highest BCUT2D eigenvalue weighted by Crippen LogP contribution is 2.29. The topological polar surface area (TPSA) is 88.9 Å². The summed E-state index contributed by atoms with van der Waals surface area (Å²) in [7, 11) is 3.15. The van der Waals surface area contributed by atoms with E-state index in [4.69, 9.17) is 9.47 Å². The van der Waals surface area contributed by atoms with Crippen LogP contribution in [0.5, 0.6) is 11.5 Å². The van der Waals surface area contributed by atoms with E-state index in [2.05, 4.69) is 15.3 Å². The number of carbonyl (C=O) groups is 1. The summed E-state index contributed by atoms with van der Waals surface area (Å²) in [5, 5.41) is 17.7. The quantitative estimate of drug-likeness (QED) is 0.543. The van der Waals surface area contributed by atoms with Gasteiger partial charge in [0.05, 0.1) is 19.3 Å². The van der Waals surface area contributed by atoms with Crippen LogP contribution in [0.25, 0.3) is 0 Å². The maximum Gasteiger partial charge on any atom is 0.259 e. The molecule has 3 aromatic rings. The molecule has 174 valence electrons. The number of nitrogens with zero attached hydrogens (tertiary/aromatic N) is 3. The van der Waals surface area contributed by atoms with Gasteiger partial charge in [-0.15, -0.1) is 0 Å². The van der Waals surface area contributed by atoms with Crippen LogP contribution >= 0.6 is 0 Å². The predicted molar refractivity (Wildman–Crippen MR) is 125 cm³/mol. The van der Waals surface area contributed by atoms with Crippen molar-refractivity contribution in [3.05, 3.63) is 71.9 Å². The summed E-state index contributed by atoms with van der Waals surface area (Å²) >= 11 is 0. The minimum atomic E-state index is -0.688. The van der Waals surface area contributed by atoms with Gasteiger partial charge in [0.15, 0.2) is 6.10 Å². The Hall–Kier alpha value is -3.36. The van der Waals surface area contributed by atoms with Crippen molar-refractivity contribution in [3.63, 3.8) is 0 Å². The van der Waals surface area contributed by atoms with Gasteiger partial charge in [0.25, 0.3) is 5.91 Å². The monoisotopic (exact) mass is 450 g/mol. The summed E-state index contributed by atoms with van der Waals surface area (Å²) in [5.74, 6) is 1.46. The van der Waals surface area contributed by atoms with Crippen LogP contribution in [0.15, 0.2) is 60.8 Å². The molecule has 1 fully saturated rings. The van der Waals surface area contributed by atoms with E-state index < -0.39 is 6.10 Å². The second-order valence-corrected chi connectivity index (χ2v) is 8.18. The Labute approximate surface area is 193 Å². The van der Waals surface area contributed by atoms with E-state index in [0.29, 0.717) is 12.4 Å². The molecule has 0 spiro atoms. The zero-order chi connectivity index (χ0) is 23.2. The first kappa shape index (κ1) is 22.8. The Morgan fingerprint density at radius 2 is 1.91 bits per heavy atom. The maximum absolute atomic E-state index is 12.9. The van der Waals surface area contributed by atoms with Crippen molar-refractivity contribution in [1.29, 1.82) is 0 Å². The largest absolute Gasteiger partial charge is 0.508 e. The Morgan fingerprint density at radius 3 is 2.61 bits per heavy atom. The molecule has 8 heteroatoms.